The highest BCUT2D eigenvalue weighted by Gasteiger charge is 2.33. The number of hydrogen-bond donors (Lipinski definition) is 0. The lowest BCUT2D eigenvalue weighted by atomic mass is 9.89. The number of imidazole rings is 1. The molecule has 0 fully saturated rings. The Kier molecular flexibility index (Phi) is 3.40. The van der Waals surface area contributed by atoms with Gasteiger partial charge in [0, 0.05) is 5.41 Å². The number of fused-ring (bicyclic) bond motifs is 5. The van der Waals surface area contributed by atoms with E-state index < -0.39 is 0 Å². The molecule has 0 saturated heterocycles. The molecule has 3 aromatic rings. The highest BCUT2D eigenvalue weighted by atomic mass is 35.5. The van der Waals surface area contributed by atoms with Gasteiger partial charge >= 0.3 is 0 Å². The van der Waals surface area contributed by atoms with Crippen molar-refractivity contribution in [1.29, 1.82) is 0 Å². The summed E-state index contributed by atoms with van der Waals surface area (Å²) in [5.74, 6) is 1.68. The number of para-hydroxylation sites is 2. The van der Waals surface area contributed by atoms with Gasteiger partial charge in [-0.15, -0.1) is 0 Å². The standard InChI is InChI=1S/C20H21ClN2O/c1-12-7-5-10-15-17(12)22-19-13-8-6-9-14(21)18(13)24-16(11-23(15)19)20(2,3)4/h5-10,16H,11H2,1-4H3. The lowest BCUT2D eigenvalue weighted by molar-refractivity contribution is 0.0759. The Labute approximate surface area is 147 Å². The number of nitrogens with zero attached hydrogens (tertiary/aromatic N) is 2. The summed E-state index contributed by atoms with van der Waals surface area (Å²) in [4.78, 5) is 4.94. The van der Waals surface area contributed by atoms with Gasteiger partial charge in [0.15, 0.2) is 0 Å². The molecule has 1 aliphatic heterocycles. The molecule has 0 amide bonds. The van der Waals surface area contributed by atoms with Gasteiger partial charge in [0.05, 0.1) is 28.2 Å². The van der Waals surface area contributed by atoms with Crippen LogP contribution >= 0.6 is 11.6 Å². The summed E-state index contributed by atoms with van der Waals surface area (Å²) in [6.45, 7) is 9.45. The molecule has 0 radical (unpaired) electrons. The van der Waals surface area contributed by atoms with E-state index in [0.29, 0.717) is 5.02 Å². The van der Waals surface area contributed by atoms with E-state index in [4.69, 9.17) is 21.3 Å². The van der Waals surface area contributed by atoms with Crippen LogP contribution in [0, 0.1) is 12.3 Å². The second kappa shape index (κ2) is 5.25. The maximum Gasteiger partial charge on any atom is 0.149 e. The van der Waals surface area contributed by atoms with Crippen molar-refractivity contribution in [2.75, 3.05) is 0 Å². The van der Waals surface area contributed by atoms with Gasteiger partial charge in [-0.25, -0.2) is 4.98 Å². The van der Waals surface area contributed by atoms with Crippen LogP contribution in [0.3, 0.4) is 0 Å². The molecule has 4 rings (SSSR count). The summed E-state index contributed by atoms with van der Waals surface area (Å²) in [7, 11) is 0. The highest BCUT2D eigenvalue weighted by molar-refractivity contribution is 6.32. The molecule has 1 aromatic heterocycles. The molecular formula is C20H21ClN2O. The van der Waals surface area contributed by atoms with Gasteiger partial charge < -0.3 is 9.30 Å². The first kappa shape index (κ1) is 15.5. The molecule has 24 heavy (non-hydrogen) atoms. The van der Waals surface area contributed by atoms with E-state index in [-0.39, 0.29) is 11.5 Å². The van der Waals surface area contributed by atoms with Crippen molar-refractivity contribution in [1.82, 2.24) is 9.55 Å². The fourth-order valence-electron chi connectivity index (χ4n) is 3.28. The minimum absolute atomic E-state index is 0.00955. The number of aromatic nitrogens is 2. The quantitative estimate of drug-likeness (QED) is 0.542. The molecule has 3 nitrogen and oxygen atoms in total. The van der Waals surface area contributed by atoms with Crippen molar-refractivity contribution in [2.24, 2.45) is 5.41 Å². The van der Waals surface area contributed by atoms with Gasteiger partial charge in [-0.2, -0.15) is 0 Å². The van der Waals surface area contributed by atoms with Gasteiger partial charge in [0.25, 0.3) is 0 Å². The molecular weight excluding hydrogens is 320 g/mol. The summed E-state index contributed by atoms with van der Waals surface area (Å²) in [6.07, 6.45) is 0.00955. The number of ether oxygens (including phenoxy) is 1. The van der Waals surface area contributed by atoms with Crippen molar-refractivity contribution in [3.63, 3.8) is 0 Å². The van der Waals surface area contributed by atoms with E-state index in [1.54, 1.807) is 0 Å². The predicted octanol–water partition coefficient (Wildman–Crippen LogP) is 5.47. The van der Waals surface area contributed by atoms with Crippen LogP contribution < -0.4 is 4.74 Å². The molecule has 2 heterocycles. The number of hydrogen-bond acceptors (Lipinski definition) is 2. The zero-order chi connectivity index (χ0) is 17.1. The third-order valence-corrected chi connectivity index (χ3v) is 5.06. The Morgan fingerprint density at radius 3 is 2.67 bits per heavy atom. The van der Waals surface area contributed by atoms with Gasteiger partial charge in [-0.05, 0) is 30.7 Å². The van der Waals surface area contributed by atoms with Crippen LogP contribution in [-0.4, -0.2) is 15.7 Å². The van der Waals surface area contributed by atoms with Gasteiger partial charge in [-0.3, -0.25) is 0 Å². The topological polar surface area (TPSA) is 27.1 Å². The fraction of sp³-hybridized carbons (Fsp3) is 0.350. The van der Waals surface area contributed by atoms with Gasteiger partial charge in [0.2, 0.25) is 0 Å². The van der Waals surface area contributed by atoms with E-state index >= 15 is 0 Å². The first-order chi connectivity index (χ1) is 11.4. The molecule has 0 spiro atoms. The Bertz CT molecular complexity index is 937. The van der Waals surface area contributed by atoms with E-state index in [1.807, 2.05) is 18.2 Å². The molecule has 4 heteroatoms. The van der Waals surface area contributed by atoms with E-state index in [9.17, 15) is 0 Å². The van der Waals surface area contributed by atoms with Crippen LogP contribution in [0.1, 0.15) is 26.3 Å². The number of aryl methyl sites for hydroxylation is 1. The Morgan fingerprint density at radius 1 is 1.17 bits per heavy atom. The van der Waals surface area contributed by atoms with E-state index in [0.717, 1.165) is 34.7 Å². The Morgan fingerprint density at radius 2 is 1.92 bits per heavy atom. The van der Waals surface area contributed by atoms with Crippen LogP contribution in [0.2, 0.25) is 5.02 Å². The predicted molar refractivity (Wildman–Crippen MR) is 98.8 cm³/mol. The van der Waals surface area contributed by atoms with Crippen molar-refractivity contribution in [3.8, 4) is 17.1 Å². The van der Waals surface area contributed by atoms with Gasteiger partial charge in [-0.1, -0.05) is 50.6 Å². The molecule has 2 aromatic carbocycles. The van der Waals surface area contributed by atoms with Crippen LogP contribution in [-0.2, 0) is 6.54 Å². The van der Waals surface area contributed by atoms with E-state index in [1.165, 1.54) is 5.56 Å². The maximum absolute atomic E-state index is 6.46. The number of halogens is 1. The number of benzene rings is 2. The molecule has 0 bridgehead atoms. The van der Waals surface area contributed by atoms with Crippen molar-refractivity contribution in [2.45, 2.75) is 40.3 Å². The minimum atomic E-state index is -0.0154. The second-order valence-electron chi connectivity index (χ2n) is 7.58. The molecule has 1 unspecified atom stereocenters. The summed E-state index contributed by atoms with van der Waals surface area (Å²) >= 11 is 6.46. The zero-order valence-electron chi connectivity index (χ0n) is 14.4. The second-order valence-corrected chi connectivity index (χ2v) is 7.98. The zero-order valence-corrected chi connectivity index (χ0v) is 15.2. The molecule has 0 aliphatic carbocycles. The molecule has 1 atom stereocenters. The molecule has 1 aliphatic rings. The summed E-state index contributed by atoms with van der Waals surface area (Å²) in [6, 6.07) is 12.2. The molecule has 0 saturated carbocycles. The highest BCUT2D eigenvalue weighted by Crippen LogP contribution is 2.42. The third kappa shape index (κ3) is 2.30. The lowest BCUT2D eigenvalue weighted by Crippen LogP contribution is -2.35. The van der Waals surface area contributed by atoms with Crippen LogP contribution in [0.4, 0.5) is 0 Å². The van der Waals surface area contributed by atoms with Gasteiger partial charge in [0.1, 0.15) is 17.7 Å². The maximum atomic E-state index is 6.46. The van der Waals surface area contributed by atoms with Crippen molar-refractivity contribution < 1.29 is 4.74 Å². The average molecular weight is 341 g/mol. The summed E-state index contributed by atoms with van der Waals surface area (Å²) < 4.78 is 8.66. The normalized spacial score (nSPS) is 17.1. The van der Waals surface area contributed by atoms with Crippen LogP contribution in [0.25, 0.3) is 22.4 Å². The van der Waals surface area contributed by atoms with Crippen molar-refractivity contribution >= 4 is 22.6 Å². The smallest absolute Gasteiger partial charge is 0.149 e. The first-order valence-electron chi connectivity index (χ1n) is 8.27. The lowest BCUT2D eigenvalue weighted by Gasteiger charge is -2.30. The Balaban J connectivity index is 2.06. The average Bonchev–Trinajstić information content (AvgIpc) is 2.78. The minimum Gasteiger partial charge on any atom is -0.486 e. The fourth-order valence-corrected chi connectivity index (χ4v) is 3.50. The monoisotopic (exact) mass is 340 g/mol. The Hall–Kier alpha value is -2.00. The summed E-state index contributed by atoms with van der Waals surface area (Å²) in [5.41, 5.74) is 4.33. The number of rotatable bonds is 0. The largest absolute Gasteiger partial charge is 0.486 e. The first-order valence-corrected chi connectivity index (χ1v) is 8.65. The van der Waals surface area contributed by atoms with Crippen LogP contribution in [0.5, 0.6) is 5.75 Å². The van der Waals surface area contributed by atoms with Crippen molar-refractivity contribution in [3.05, 3.63) is 47.0 Å². The van der Waals surface area contributed by atoms with E-state index in [2.05, 4.69) is 50.5 Å². The third-order valence-electron chi connectivity index (χ3n) is 4.76. The summed E-state index contributed by atoms with van der Waals surface area (Å²) in [5, 5.41) is 0.638. The molecule has 124 valence electrons. The molecule has 0 N–H and O–H groups in total. The SMILES string of the molecule is Cc1cccc2c1nc1n2CC(C(C)(C)C)Oc2c(Cl)cccc2-1. The van der Waals surface area contributed by atoms with Crippen LogP contribution in [0.15, 0.2) is 36.4 Å².